The summed E-state index contributed by atoms with van der Waals surface area (Å²) in [4.78, 5) is 104. The molecule has 31 nitrogen and oxygen atoms in total. The van der Waals surface area contributed by atoms with E-state index in [0.29, 0.717) is 119 Å². The van der Waals surface area contributed by atoms with Gasteiger partial charge in [-0.25, -0.2) is 73.5 Å². The molecular formula is C89H107N17O14S4. The summed E-state index contributed by atoms with van der Waals surface area (Å²) in [5.41, 5.74) is 11.7. The molecule has 2 aliphatic rings. The summed E-state index contributed by atoms with van der Waals surface area (Å²) in [5, 5.41) is 32.1. The molecule has 10 heterocycles. The Bertz CT molecular complexity index is 6850. The minimum Gasteiger partial charge on any atom is -0.394 e. The molecule has 0 aliphatic carbocycles. The van der Waals surface area contributed by atoms with Crippen LogP contribution in [0.1, 0.15) is 158 Å². The Hall–Kier alpha value is -13.1. The molecule has 2 aliphatic heterocycles. The minimum absolute atomic E-state index is 0. The van der Waals surface area contributed by atoms with Gasteiger partial charge < -0.3 is 50.6 Å². The maximum Gasteiger partial charge on any atom is 0.259 e. The number of aliphatic hydroxyl groups excluding tert-OH is 2. The first-order valence-electron chi connectivity index (χ1n) is 40.0. The Morgan fingerprint density at radius 1 is 0.444 bits per heavy atom. The Morgan fingerprint density at radius 2 is 0.790 bits per heavy atom. The van der Waals surface area contributed by atoms with Crippen LogP contribution in [0.5, 0.6) is 0 Å². The number of aromatic amines is 4. The van der Waals surface area contributed by atoms with Gasteiger partial charge >= 0.3 is 0 Å². The average Bonchev–Trinajstić information content (AvgIpc) is 1.63. The fraction of sp³-hybridized carbons (Fsp3) is 0.270. The van der Waals surface area contributed by atoms with Gasteiger partial charge in [-0.05, 0) is 154 Å². The first-order valence-corrected chi connectivity index (χ1v) is 46.2. The zero-order valence-corrected chi connectivity index (χ0v) is 72.2. The number of amides is 4. The molecule has 6 aromatic carbocycles. The number of nitrogens with zero attached hydrogens (tertiary/aromatic N) is 11. The van der Waals surface area contributed by atoms with Gasteiger partial charge in [0.05, 0.1) is 147 Å². The standard InChI is InChI=1S/C24H24N4O4S.C23H19N5O3S.C21H24N4O4S.C21H24N4O3S.8H2/c1-15(2)33(31,32)18-10-8-17(9-11-18)20-13-26-23-22(27-20)19(12-25-23)24(30)28-21(14-29)16-6-4-3-5-7-16;1-14(2)32(30,31)17-9-7-15(8-10-17)20-13-26-22-21(27-20)18(12-25-22)23(29)28-19-6-4-3-5-16(19)11-24;1-13(2)30(28,29)16-7-5-14(6-8-16)18-11-23-20-19(24-18)17(10-22-20)21(27)25-9-3-4-15(25)12-26;1-14(2)29(27,28)16-8-6-15(7-9-16)18-13-23-20-19(24-18)17(12-22-20)21(26)25-10-4-3-5-11-25;;;;;;;;/h3-13,15,21,29H,14H2,1-2H3,(H,25,26)(H,28,30);3-10,12-14H,1-2H3,(H,25,26)(H,28,29);5-8,10-11,13,15,26H,3-4,9,12H2,1-2H3,(H,22,23);6-9,12-14H,3-5,10-11H2,1-2H3,(H,22,23);8*1H. The van der Waals surface area contributed by atoms with Crippen molar-refractivity contribution < 1.29 is 74.5 Å². The molecule has 2 fully saturated rings. The number of anilines is 1. The molecule has 4 amide bonds. The first-order chi connectivity index (χ1) is 59.3. The number of aliphatic hydroxyl groups is 2. The predicted octanol–water partition coefficient (Wildman–Crippen LogP) is 15.0. The van der Waals surface area contributed by atoms with E-state index in [1.165, 1.54) is 12.4 Å². The molecular weight excluding hydrogens is 1660 g/mol. The van der Waals surface area contributed by atoms with Crippen LogP contribution in [0.2, 0.25) is 0 Å². The van der Waals surface area contributed by atoms with Crippen molar-refractivity contribution in [1.82, 2.24) is 74.9 Å². The summed E-state index contributed by atoms with van der Waals surface area (Å²) in [7, 11) is -13.4. The van der Waals surface area contributed by atoms with Crippen LogP contribution < -0.4 is 10.6 Å². The third-order valence-corrected chi connectivity index (χ3v) is 30.0. The number of benzene rings is 6. The molecule has 124 heavy (non-hydrogen) atoms. The van der Waals surface area contributed by atoms with Crippen molar-refractivity contribution in [3.8, 4) is 51.1 Å². The molecule has 8 N–H and O–H groups in total. The molecule has 2 atom stereocenters. The van der Waals surface area contributed by atoms with Crippen molar-refractivity contribution >= 4 is 113 Å². The molecule has 0 spiro atoms. The van der Waals surface area contributed by atoms with E-state index in [9.17, 15) is 68.3 Å². The number of para-hydroxylation sites is 1. The molecule has 16 rings (SSSR count). The monoisotopic (exact) mass is 1770 g/mol. The SMILES string of the molecule is CC(C)S(=O)(=O)c1ccc(-c2cnc3[nH]cc(C(=O)N4CCCC4CO)c3n2)cc1.CC(C)S(=O)(=O)c1ccc(-c2cnc3[nH]cc(C(=O)N4CCCCC4)c3n2)cc1.CC(C)S(=O)(=O)c1ccc(-c2cnc3[nH]cc(C(=O)NC(CO)c4ccccc4)c3n2)cc1.CC(C)S(=O)(=O)c1ccc(-c2cnc3[nH]cc(C(=O)Nc4ccccc4C#N)c3n2)cc1.[HH].[HH].[HH].[HH].[HH].[HH].[HH].[HH]. The van der Waals surface area contributed by atoms with E-state index in [-0.39, 0.29) is 67.6 Å². The molecule has 0 radical (unpaired) electrons. The number of nitriles is 1. The number of H-pyrrole nitrogens is 4. The van der Waals surface area contributed by atoms with Gasteiger partial charge in [-0.15, -0.1) is 0 Å². The highest BCUT2D eigenvalue weighted by atomic mass is 32.2. The van der Waals surface area contributed by atoms with Gasteiger partial charge in [-0.2, -0.15) is 5.26 Å². The number of nitrogens with one attached hydrogen (secondary N) is 6. The molecule has 2 unspecified atom stereocenters. The number of carbonyl (C=O) groups is 4. The number of hydrogen-bond acceptors (Lipinski definition) is 23. The van der Waals surface area contributed by atoms with Crippen molar-refractivity contribution in [1.29, 1.82) is 5.26 Å². The second-order valence-corrected chi connectivity index (χ2v) is 40.7. The van der Waals surface area contributed by atoms with Gasteiger partial charge in [0.25, 0.3) is 23.6 Å². The van der Waals surface area contributed by atoms with Gasteiger partial charge in [0.2, 0.25) is 0 Å². The quantitative estimate of drug-likeness (QED) is 0.0331. The summed E-state index contributed by atoms with van der Waals surface area (Å²) in [6.45, 7) is 15.0. The largest absolute Gasteiger partial charge is 0.394 e. The van der Waals surface area contributed by atoms with Crippen molar-refractivity contribution in [2.24, 2.45) is 0 Å². The van der Waals surface area contributed by atoms with Crippen LogP contribution in [0.4, 0.5) is 5.69 Å². The van der Waals surface area contributed by atoms with Crippen LogP contribution in [0.25, 0.3) is 89.7 Å². The molecule has 14 aromatic rings. The second-order valence-electron chi connectivity index (χ2n) is 30.7. The number of piperidine rings is 1. The van der Waals surface area contributed by atoms with E-state index >= 15 is 0 Å². The maximum absolute atomic E-state index is 13.0. The number of aromatic nitrogens is 12. The van der Waals surface area contributed by atoms with Gasteiger partial charge in [0.1, 0.15) is 28.1 Å². The molecule has 2 saturated heterocycles. The van der Waals surface area contributed by atoms with Crippen LogP contribution >= 0.6 is 0 Å². The smallest absolute Gasteiger partial charge is 0.259 e. The lowest BCUT2D eigenvalue weighted by molar-refractivity contribution is 0.0678. The number of likely N-dealkylation sites (tertiary alicyclic amines) is 2. The van der Waals surface area contributed by atoms with Crippen LogP contribution in [0, 0.1) is 11.3 Å². The van der Waals surface area contributed by atoms with Crippen LogP contribution in [0.3, 0.4) is 0 Å². The number of fused-ring (bicyclic) bond motifs is 4. The fourth-order valence-electron chi connectivity index (χ4n) is 13.9. The fourth-order valence-corrected chi connectivity index (χ4v) is 18.1. The zero-order valence-electron chi connectivity index (χ0n) is 68.9. The van der Waals surface area contributed by atoms with Gasteiger partial charge in [-0.3, -0.25) is 19.2 Å². The Kier molecular flexibility index (Phi) is 27.0. The average molecular weight is 1770 g/mol. The van der Waals surface area contributed by atoms with E-state index in [1.807, 2.05) is 41.3 Å². The Morgan fingerprint density at radius 3 is 1.15 bits per heavy atom. The second kappa shape index (κ2) is 37.7. The lowest BCUT2D eigenvalue weighted by atomic mass is 10.1. The topological polar surface area (TPSA) is 466 Å². The van der Waals surface area contributed by atoms with Gasteiger partial charge in [0.15, 0.2) is 61.9 Å². The summed E-state index contributed by atoms with van der Waals surface area (Å²) >= 11 is 0. The highest BCUT2D eigenvalue weighted by molar-refractivity contribution is 7.92. The van der Waals surface area contributed by atoms with E-state index in [2.05, 4.69) is 70.4 Å². The minimum atomic E-state index is -3.37. The predicted molar refractivity (Wildman–Crippen MR) is 487 cm³/mol. The number of carbonyl (C=O) groups excluding carboxylic acids is 4. The number of hydrogen-bond donors (Lipinski definition) is 8. The maximum atomic E-state index is 13.0. The Labute approximate surface area is 727 Å². The van der Waals surface area contributed by atoms with E-state index in [4.69, 9.17) is 0 Å². The molecule has 656 valence electrons. The lowest BCUT2D eigenvalue weighted by Gasteiger charge is -2.26. The lowest BCUT2D eigenvalue weighted by Crippen LogP contribution is -2.37. The van der Waals surface area contributed by atoms with Crippen molar-refractivity contribution in [3.63, 3.8) is 0 Å². The summed E-state index contributed by atoms with van der Waals surface area (Å²) in [5.74, 6) is -1.03. The highest BCUT2D eigenvalue weighted by Crippen LogP contribution is 2.33. The zero-order chi connectivity index (χ0) is 88.5. The normalized spacial score (nSPS) is 14.1. The molecule has 0 saturated carbocycles. The van der Waals surface area contributed by atoms with Crippen molar-refractivity contribution in [3.05, 3.63) is 235 Å². The Balaban J connectivity index is 0.000000306. The van der Waals surface area contributed by atoms with Crippen LogP contribution in [-0.2, 0) is 39.3 Å². The van der Waals surface area contributed by atoms with Crippen molar-refractivity contribution in [2.75, 3.05) is 38.2 Å². The summed E-state index contributed by atoms with van der Waals surface area (Å²) < 4.78 is 98.7. The van der Waals surface area contributed by atoms with E-state index in [0.717, 1.165) is 56.3 Å². The van der Waals surface area contributed by atoms with E-state index in [1.54, 1.807) is 219 Å². The van der Waals surface area contributed by atoms with Gasteiger partial charge in [-0.1, -0.05) is 91.0 Å². The third kappa shape index (κ3) is 19.1. The van der Waals surface area contributed by atoms with E-state index < -0.39 is 78.2 Å². The molecule has 8 aromatic heterocycles. The highest BCUT2D eigenvalue weighted by Gasteiger charge is 2.32. The molecule has 0 bridgehead atoms. The number of rotatable bonds is 21. The van der Waals surface area contributed by atoms with Crippen molar-refractivity contribution in [2.45, 2.75) is 140 Å². The van der Waals surface area contributed by atoms with Gasteiger partial charge in [0, 0.05) is 78.1 Å². The van der Waals surface area contributed by atoms with Crippen LogP contribution in [-0.4, -0.2) is 197 Å². The first kappa shape index (κ1) is 88.7. The summed E-state index contributed by atoms with van der Waals surface area (Å²) in [6, 6.07) is 43.2. The molecule has 35 heteroatoms. The third-order valence-electron chi connectivity index (χ3n) is 21.3. The van der Waals surface area contributed by atoms with Crippen LogP contribution in [0.15, 0.2) is 221 Å². The summed E-state index contributed by atoms with van der Waals surface area (Å²) in [6.07, 6.45) is 17.5. The number of sulfone groups is 4.